The Hall–Kier alpha value is -2.32. The Labute approximate surface area is 178 Å². The van der Waals surface area contributed by atoms with Crippen LogP contribution in [-0.2, 0) is 9.53 Å². The molecule has 3 rings (SSSR count). The van der Waals surface area contributed by atoms with Crippen LogP contribution in [0.2, 0.25) is 15.1 Å². The maximum atomic E-state index is 12.2. The van der Waals surface area contributed by atoms with E-state index in [2.05, 4.69) is 10.9 Å². The minimum atomic E-state index is -0.749. The second-order valence-electron chi connectivity index (χ2n) is 5.47. The first-order valence-electron chi connectivity index (χ1n) is 7.74. The lowest BCUT2D eigenvalue weighted by Crippen LogP contribution is -2.43. The van der Waals surface area contributed by atoms with Crippen LogP contribution in [0.5, 0.6) is 0 Å². The maximum absolute atomic E-state index is 12.2. The molecule has 6 nitrogen and oxygen atoms in total. The van der Waals surface area contributed by atoms with E-state index in [9.17, 15) is 14.4 Å². The van der Waals surface area contributed by atoms with E-state index in [4.69, 9.17) is 39.5 Å². The van der Waals surface area contributed by atoms with Gasteiger partial charge in [0.2, 0.25) is 0 Å². The molecule has 0 saturated heterocycles. The van der Waals surface area contributed by atoms with E-state index in [1.807, 2.05) is 0 Å². The van der Waals surface area contributed by atoms with Crippen LogP contribution in [0.15, 0.2) is 42.5 Å². The highest BCUT2D eigenvalue weighted by molar-refractivity contribution is 7.21. The van der Waals surface area contributed by atoms with Crippen molar-refractivity contribution in [3.05, 3.63) is 68.0 Å². The first-order valence-corrected chi connectivity index (χ1v) is 9.69. The Kier molecular flexibility index (Phi) is 6.41. The summed E-state index contributed by atoms with van der Waals surface area (Å²) in [6.45, 7) is -0.592. The van der Waals surface area contributed by atoms with E-state index < -0.39 is 24.4 Å². The summed E-state index contributed by atoms with van der Waals surface area (Å²) < 4.78 is 5.68. The summed E-state index contributed by atoms with van der Waals surface area (Å²) in [7, 11) is 0. The number of rotatable bonds is 4. The van der Waals surface area contributed by atoms with E-state index >= 15 is 0 Å². The van der Waals surface area contributed by atoms with Crippen LogP contribution < -0.4 is 10.9 Å². The highest BCUT2D eigenvalue weighted by atomic mass is 35.5. The van der Waals surface area contributed by atoms with Gasteiger partial charge in [0.25, 0.3) is 11.8 Å². The standard InChI is InChI=1S/C18H11Cl3N2O4S/c19-10-3-1-9(2-4-10)17(25)23-22-14(24)8-27-18(26)16-15(21)12-6-5-11(20)7-13(12)28-16/h1-7H,8H2,(H,22,24)(H,23,25). The average Bonchev–Trinajstić information content (AvgIpc) is 3.00. The van der Waals surface area contributed by atoms with Crippen LogP contribution in [0.3, 0.4) is 0 Å². The fourth-order valence-corrected chi connectivity index (χ4v) is 4.01. The molecular weight excluding hydrogens is 447 g/mol. The van der Waals surface area contributed by atoms with Gasteiger partial charge in [0.05, 0.1) is 5.02 Å². The van der Waals surface area contributed by atoms with Crippen molar-refractivity contribution in [3.8, 4) is 0 Å². The molecule has 0 aliphatic heterocycles. The third-order valence-electron chi connectivity index (χ3n) is 3.53. The number of fused-ring (bicyclic) bond motifs is 1. The number of thiophene rings is 1. The number of nitrogens with one attached hydrogen (secondary N) is 2. The first kappa shape index (κ1) is 20.4. The molecule has 144 valence electrons. The summed E-state index contributed by atoms with van der Waals surface area (Å²) in [6, 6.07) is 11.1. The highest BCUT2D eigenvalue weighted by Gasteiger charge is 2.19. The molecule has 0 bridgehead atoms. The summed E-state index contributed by atoms with van der Waals surface area (Å²) in [6.07, 6.45) is 0. The Morgan fingerprint density at radius 1 is 0.929 bits per heavy atom. The molecule has 3 aromatic rings. The Morgan fingerprint density at radius 3 is 2.32 bits per heavy atom. The molecule has 0 spiro atoms. The summed E-state index contributed by atoms with van der Waals surface area (Å²) >= 11 is 19.0. The number of carbonyl (C=O) groups is 3. The van der Waals surface area contributed by atoms with Gasteiger partial charge in [-0.15, -0.1) is 11.3 Å². The van der Waals surface area contributed by atoms with Crippen LogP contribution >= 0.6 is 46.1 Å². The molecular formula is C18H11Cl3N2O4S. The zero-order valence-corrected chi connectivity index (χ0v) is 17.0. The predicted octanol–water partition coefficient (Wildman–Crippen LogP) is 4.48. The number of hydrogen-bond acceptors (Lipinski definition) is 5. The van der Waals surface area contributed by atoms with Gasteiger partial charge in [-0.1, -0.05) is 40.9 Å². The second kappa shape index (κ2) is 8.79. The van der Waals surface area contributed by atoms with Crippen molar-refractivity contribution in [1.29, 1.82) is 0 Å². The molecule has 1 heterocycles. The van der Waals surface area contributed by atoms with E-state index in [-0.39, 0.29) is 9.90 Å². The van der Waals surface area contributed by atoms with Gasteiger partial charge in [0.15, 0.2) is 6.61 Å². The molecule has 10 heteroatoms. The Balaban J connectivity index is 1.54. The average molecular weight is 458 g/mol. The number of hydrogen-bond donors (Lipinski definition) is 2. The monoisotopic (exact) mass is 456 g/mol. The van der Waals surface area contributed by atoms with Gasteiger partial charge in [-0.25, -0.2) is 4.79 Å². The smallest absolute Gasteiger partial charge is 0.350 e. The van der Waals surface area contributed by atoms with Crippen LogP contribution in [0.25, 0.3) is 10.1 Å². The van der Waals surface area contributed by atoms with Crippen LogP contribution in [0.4, 0.5) is 0 Å². The van der Waals surface area contributed by atoms with E-state index in [1.165, 1.54) is 12.1 Å². The number of ether oxygens (including phenoxy) is 1. The molecule has 0 saturated carbocycles. The number of benzene rings is 2. The van der Waals surface area contributed by atoms with Crippen LogP contribution in [0, 0.1) is 0 Å². The lowest BCUT2D eigenvalue weighted by molar-refractivity contribution is -0.125. The van der Waals surface area contributed by atoms with Crippen molar-refractivity contribution in [2.24, 2.45) is 0 Å². The van der Waals surface area contributed by atoms with Crippen molar-refractivity contribution in [3.63, 3.8) is 0 Å². The van der Waals surface area contributed by atoms with Crippen molar-refractivity contribution in [2.45, 2.75) is 0 Å². The van der Waals surface area contributed by atoms with Crippen LogP contribution in [-0.4, -0.2) is 24.4 Å². The summed E-state index contributed by atoms with van der Waals surface area (Å²) in [5.74, 6) is -2.00. The van der Waals surface area contributed by atoms with Gasteiger partial charge in [-0.3, -0.25) is 20.4 Å². The van der Waals surface area contributed by atoms with Gasteiger partial charge < -0.3 is 4.74 Å². The third kappa shape index (κ3) is 4.74. The van der Waals surface area contributed by atoms with Gasteiger partial charge in [-0.2, -0.15) is 0 Å². The molecule has 2 aromatic carbocycles. The molecule has 1 aromatic heterocycles. The van der Waals surface area contributed by atoms with Gasteiger partial charge in [-0.05, 0) is 36.4 Å². The Morgan fingerprint density at radius 2 is 1.61 bits per heavy atom. The zero-order chi connectivity index (χ0) is 20.3. The van der Waals surface area contributed by atoms with Crippen molar-refractivity contribution in [2.75, 3.05) is 6.61 Å². The fraction of sp³-hybridized carbons (Fsp3) is 0.0556. The molecule has 0 atom stereocenters. The van der Waals surface area contributed by atoms with Crippen molar-refractivity contribution >= 4 is 74.0 Å². The number of esters is 1. The predicted molar refractivity (Wildman–Crippen MR) is 109 cm³/mol. The largest absolute Gasteiger partial charge is 0.451 e. The number of halogens is 3. The second-order valence-corrected chi connectivity index (χ2v) is 7.77. The van der Waals surface area contributed by atoms with Gasteiger partial charge in [0, 0.05) is 25.7 Å². The first-order chi connectivity index (χ1) is 13.3. The minimum absolute atomic E-state index is 0.164. The van der Waals surface area contributed by atoms with E-state index in [1.54, 1.807) is 30.3 Å². The maximum Gasteiger partial charge on any atom is 0.350 e. The molecule has 2 N–H and O–H groups in total. The number of amides is 2. The topological polar surface area (TPSA) is 84.5 Å². The molecule has 0 aliphatic rings. The lowest BCUT2D eigenvalue weighted by Gasteiger charge is -2.08. The molecule has 0 radical (unpaired) electrons. The minimum Gasteiger partial charge on any atom is -0.451 e. The van der Waals surface area contributed by atoms with Crippen molar-refractivity contribution in [1.82, 2.24) is 10.9 Å². The SMILES string of the molecule is O=C(COC(=O)c1sc2cc(Cl)ccc2c1Cl)NNC(=O)c1ccc(Cl)cc1. The molecule has 0 aliphatic carbocycles. The Bertz CT molecular complexity index is 1070. The zero-order valence-electron chi connectivity index (χ0n) is 13.9. The van der Waals surface area contributed by atoms with E-state index in [0.717, 1.165) is 16.0 Å². The molecule has 0 fully saturated rings. The number of hydrazine groups is 1. The van der Waals surface area contributed by atoms with Crippen molar-refractivity contribution < 1.29 is 19.1 Å². The van der Waals surface area contributed by atoms with Crippen LogP contribution in [0.1, 0.15) is 20.0 Å². The fourth-order valence-electron chi connectivity index (χ4n) is 2.20. The third-order valence-corrected chi connectivity index (χ3v) is 5.66. The van der Waals surface area contributed by atoms with E-state index in [0.29, 0.717) is 21.0 Å². The molecule has 2 amide bonds. The number of carbonyl (C=O) groups excluding carboxylic acids is 3. The summed E-state index contributed by atoms with van der Waals surface area (Å²) in [5, 5.41) is 1.90. The summed E-state index contributed by atoms with van der Waals surface area (Å²) in [4.78, 5) is 36.1. The van der Waals surface area contributed by atoms with Gasteiger partial charge >= 0.3 is 5.97 Å². The highest BCUT2D eigenvalue weighted by Crippen LogP contribution is 2.37. The van der Waals surface area contributed by atoms with Gasteiger partial charge in [0.1, 0.15) is 4.88 Å². The summed E-state index contributed by atoms with van der Waals surface area (Å²) in [5.41, 5.74) is 4.67. The molecule has 28 heavy (non-hydrogen) atoms. The quantitative estimate of drug-likeness (QED) is 0.447. The molecule has 0 unspecified atom stereocenters. The normalized spacial score (nSPS) is 10.5. The lowest BCUT2D eigenvalue weighted by atomic mass is 10.2.